The van der Waals surface area contributed by atoms with Gasteiger partial charge in [-0.1, -0.05) is 20.8 Å². The molecule has 0 aromatic heterocycles. The van der Waals surface area contributed by atoms with Gasteiger partial charge in [-0.15, -0.1) is 0 Å². The predicted octanol–water partition coefficient (Wildman–Crippen LogP) is 2.99. The monoisotopic (exact) mass is 183 g/mol. The number of nitriles is 1. The SMILES string of the molecule is CC.CC(CC#N)CC1CCOC1. The Balaban J connectivity index is 0.000000671. The molecule has 2 atom stereocenters. The normalized spacial score (nSPS) is 22.8. The lowest BCUT2D eigenvalue weighted by Crippen LogP contribution is -2.05. The third kappa shape index (κ3) is 5.65. The van der Waals surface area contributed by atoms with Crippen molar-refractivity contribution in [1.29, 1.82) is 5.26 Å². The molecule has 0 aromatic carbocycles. The number of hydrogen-bond acceptors (Lipinski definition) is 2. The number of hydrogen-bond donors (Lipinski definition) is 0. The fourth-order valence-corrected chi connectivity index (χ4v) is 1.58. The zero-order valence-corrected chi connectivity index (χ0v) is 9.05. The summed E-state index contributed by atoms with van der Waals surface area (Å²) in [5, 5.41) is 8.43. The Kier molecular flexibility index (Phi) is 7.73. The van der Waals surface area contributed by atoms with Gasteiger partial charge < -0.3 is 4.74 Å². The van der Waals surface area contributed by atoms with Crippen LogP contribution >= 0.6 is 0 Å². The maximum Gasteiger partial charge on any atom is 0.0624 e. The molecule has 0 radical (unpaired) electrons. The van der Waals surface area contributed by atoms with E-state index in [0.717, 1.165) is 25.6 Å². The second-order valence-electron chi connectivity index (χ2n) is 3.43. The second-order valence-corrected chi connectivity index (χ2v) is 3.43. The van der Waals surface area contributed by atoms with Crippen LogP contribution in [0.1, 0.15) is 40.0 Å². The zero-order valence-electron chi connectivity index (χ0n) is 9.05. The largest absolute Gasteiger partial charge is 0.381 e. The average Bonchev–Trinajstić information content (AvgIpc) is 2.61. The molecule has 1 rings (SSSR count). The van der Waals surface area contributed by atoms with Gasteiger partial charge in [0.2, 0.25) is 0 Å². The highest BCUT2D eigenvalue weighted by Gasteiger charge is 2.17. The summed E-state index contributed by atoms with van der Waals surface area (Å²) in [7, 11) is 0. The van der Waals surface area contributed by atoms with Gasteiger partial charge in [0.1, 0.15) is 0 Å². The Hall–Kier alpha value is -0.550. The summed E-state index contributed by atoms with van der Waals surface area (Å²) in [5.41, 5.74) is 0. The van der Waals surface area contributed by atoms with Gasteiger partial charge in [0, 0.05) is 19.6 Å². The van der Waals surface area contributed by atoms with E-state index < -0.39 is 0 Å². The third-order valence-electron chi connectivity index (χ3n) is 2.20. The smallest absolute Gasteiger partial charge is 0.0624 e. The molecule has 0 spiro atoms. The Morgan fingerprint density at radius 3 is 2.69 bits per heavy atom. The van der Waals surface area contributed by atoms with Crippen LogP contribution < -0.4 is 0 Å². The van der Waals surface area contributed by atoms with Gasteiger partial charge in [-0.05, 0) is 24.7 Å². The third-order valence-corrected chi connectivity index (χ3v) is 2.20. The molecule has 1 saturated heterocycles. The van der Waals surface area contributed by atoms with E-state index in [1.54, 1.807) is 0 Å². The molecule has 1 aliphatic heterocycles. The van der Waals surface area contributed by atoms with E-state index >= 15 is 0 Å². The molecule has 0 N–H and O–H groups in total. The molecule has 0 aliphatic carbocycles. The standard InChI is InChI=1S/C9H15NO.C2H6/c1-8(2-4-10)6-9-3-5-11-7-9;1-2/h8-9H,2-3,5-7H2,1H3;1-2H3. The van der Waals surface area contributed by atoms with E-state index in [-0.39, 0.29) is 0 Å². The van der Waals surface area contributed by atoms with Crippen LogP contribution in [0, 0.1) is 23.2 Å². The highest BCUT2D eigenvalue weighted by molar-refractivity contribution is 4.76. The maximum atomic E-state index is 8.43. The minimum absolute atomic E-state index is 0.548. The highest BCUT2D eigenvalue weighted by atomic mass is 16.5. The van der Waals surface area contributed by atoms with E-state index in [0.29, 0.717) is 12.3 Å². The van der Waals surface area contributed by atoms with Gasteiger partial charge in [-0.2, -0.15) is 5.26 Å². The van der Waals surface area contributed by atoms with Crippen LogP contribution in [0.3, 0.4) is 0 Å². The van der Waals surface area contributed by atoms with E-state index in [9.17, 15) is 0 Å². The molecule has 76 valence electrons. The zero-order chi connectivity index (χ0) is 10.1. The highest BCUT2D eigenvalue weighted by Crippen LogP contribution is 2.22. The van der Waals surface area contributed by atoms with Gasteiger partial charge in [0.15, 0.2) is 0 Å². The van der Waals surface area contributed by atoms with Gasteiger partial charge in [0.25, 0.3) is 0 Å². The molecule has 2 unspecified atom stereocenters. The van der Waals surface area contributed by atoms with E-state index in [1.807, 2.05) is 13.8 Å². The topological polar surface area (TPSA) is 33.0 Å². The van der Waals surface area contributed by atoms with Crippen LogP contribution in [0.2, 0.25) is 0 Å². The lowest BCUT2D eigenvalue weighted by molar-refractivity contribution is 0.181. The van der Waals surface area contributed by atoms with Crippen molar-refractivity contribution < 1.29 is 4.74 Å². The first kappa shape index (κ1) is 12.4. The number of ether oxygens (including phenoxy) is 1. The van der Waals surface area contributed by atoms with Crippen molar-refractivity contribution in [1.82, 2.24) is 0 Å². The second kappa shape index (κ2) is 8.07. The van der Waals surface area contributed by atoms with Crippen LogP contribution in [0.4, 0.5) is 0 Å². The predicted molar refractivity (Wildman–Crippen MR) is 54.3 cm³/mol. The molecule has 13 heavy (non-hydrogen) atoms. The molecule has 0 aromatic rings. The Labute approximate surface area is 81.9 Å². The number of rotatable bonds is 3. The van der Waals surface area contributed by atoms with Crippen molar-refractivity contribution in [3.63, 3.8) is 0 Å². The summed E-state index contributed by atoms with van der Waals surface area (Å²) in [6.45, 7) is 7.97. The molecule has 2 heteroatoms. The van der Waals surface area contributed by atoms with E-state index in [4.69, 9.17) is 10.00 Å². The van der Waals surface area contributed by atoms with Crippen molar-refractivity contribution in [2.75, 3.05) is 13.2 Å². The van der Waals surface area contributed by atoms with Gasteiger partial charge in [0.05, 0.1) is 6.07 Å². The number of nitrogens with zero attached hydrogens (tertiary/aromatic N) is 1. The molecule has 0 saturated carbocycles. The van der Waals surface area contributed by atoms with Crippen LogP contribution in [-0.2, 0) is 4.74 Å². The minimum Gasteiger partial charge on any atom is -0.381 e. The van der Waals surface area contributed by atoms with Gasteiger partial charge in [-0.25, -0.2) is 0 Å². The fourth-order valence-electron chi connectivity index (χ4n) is 1.58. The summed E-state index contributed by atoms with van der Waals surface area (Å²) in [4.78, 5) is 0. The Morgan fingerprint density at radius 2 is 2.23 bits per heavy atom. The molecular weight excluding hydrogens is 162 g/mol. The van der Waals surface area contributed by atoms with Crippen LogP contribution in [-0.4, -0.2) is 13.2 Å². The molecule has 1 aliphatic rings. The molecule has 0 amide bonds. The van der Waals surface area contributed by atoms with E-state index in [1.165, 1.54) is 6.42 Å². The Morgan fingerprint density at radius 1 is 1.54 bits per heavy atom. The van der Waals surface area contributed by atoms with Crippen LogP contribution in [0.15, 0.2) is 0 Å². The van der Waals surface area contributed by atoms with Gasteiger partial charge in [-0.3, -0.25) is 0 Å². The molecule has 0 bridgehead atoms. The summed E-state index contributed by atoms with van der Waals surface area (Å²) in [6, 6.07) is 2.20. The summed E-state index contributed by atoms with van der Waals surface area (Å²) >= 11 is 0. The van der Waals surface area contributed by atoms with E-state index in [2.05, 4.69) is 13.0 Å². The Bertz CT molecular complexity index is 145. The lowest BCUT2D eigenvalue weighted by Gasteiger charge is -2.11. The van der Waals surface area contributed by atoms with Crippen molar-refractivity contribution in [3.8, 4) is 6.07 Å². The van der Waals surface area contributed by atoms with Crippen molar-refractivity contribution in [2.45, 2.75) is 40.0 Å². The first-order valence-corrected chi connectivity index (χ1v) is 5.27. The van der Waals surface area contributed by atoms with Crippen molar-refractivity contribution in [3.05, 3.63) is 0 Å². The first-order chi connectivity index (χ1) is 6.33. The van der Waals surface area contributed by atoms with Crippen LogP contribution in [0.5, 0.6) is 0 Å². The molecule has 1 heterocycles. The van der Waals surface area contributed by atoms with Crippen molar-refractivity contribution in [2.24, 2.45) is 11.8 Å². The van der Waals surface area contributed by atoms with Gasteiger partial charge >= 0.3 is 0 Å². The molecule has 2 nitrogen and oxygen atoms in total. The summed E-state index contributed by atoms with van der Waals surface area (Å²) < 4.78 is 5.25. The lowest BCUT2D eigenvalue weighted by atomic mass is 9.93. The summed E-state index contributed by atoms with van der Waals surface area (Å²) in [6.07, 6.45) is 3.04. The van der Waals surface area contributed by atoms with Crippen LogP contribution in [0.25, 0.3) is 0 Å². The maximum absolute atomic E-state index is 8.43. The first-order valence-electron chi connectivity index (χ1n) is 5.27. The summed E-state index contributed by atoms with van der Waals surface area (Å²) in [5.74, 6) is 1.27. The molecule has 1 fully saturated rings. The fraction of sp³-hybridized carbons (Fsp3) is 0.909. The van der Waals surface area contributed by atoms with Crippen molar-refractivity contribution >= 4 is 0 Å². The average molecular weight is 183 g/mol. The molecular formula is C11H21NO. The minimum atomic E-state index is 0.548. The quantitative estimate of drug-likeness (QED) is 0.674.